The Kier molecular flexibility index (Phi) is 6.90. The summed E-state index contributed by atoms with van der Waals surface area (Å²) in [4.78, 5) is 31.3. The highest BCUT2D eigenvalue weighted by Gasteiger charge is 2.28. The van der Waals surface area contributed by atoms with E-state index in [2.05, 4.69) is 20.3 Å². The van der Waals surface area contributed by atoms with Crippen LogP contribution in [0.25, 0.3) is 15.5 Å². The number of amides is 1. The molecule has 12 heteroatoms. The standard InChI is InChI=1S/C25H26N6O4S2/c1-17-3-5-19(6-4-17)24-28-31-23(33)15-21(27-25(31)36-24)16-29-11-13-30(14-12-29)37(34,35)22-9-7-20(8-10-22)26-18(2)32/h3-10,15H,11-14,16H2,1-2H3,(H,26,32). The van der Waals surface area contributed by atoms with Crippen molar-refractivity contribution >= 4 is 37.9 Å². The SMILES string of the molecule is CC(=O)Nc1ccc(S(=O)(=O)N2CCN(Cc3cc(=O)n4nc(-c5ccc(C)cc5)sc4n3)CC2)cc1. The second-order valence-corrected chi connectivity index (χ2v) is 11.8. The average Bonchev–Trinajstić information content (AvgIpc) is 3.30. The van der Waals surface area contributed by atoms with E-state index in [1.165, 1.54) is 45.3 Å². The lowest BCUT2D eigenvalue weighted by atomic mass is 10.2. The van der Waals surface area contributed by atoms with Gasteiger partial charge in [0, 0.05) is 57.0 Å². The minimum absolute atomic E-state index is 0.185. The lowest BCUT2D eigenvalue weighted by Gasteiger charge is -2.33. The molecule has 0 aliphatic carbocycles. The number of benzene rings is 2. The van der Waals surface area contributed by atoms with Gasteiger partial charge in [0.05, 0.1) is 10.6 Å². The molecule has 1 aliphatic heterocycles. The Balaban J connectivity index is 1.25. The van der Waals surface area contributed by atoms with Crippen LogP contribution >= 0.6 is 11.3 Å². The largest absolute Gasteiger partial charge is 0.326 e. The van der Waals surface area contributed by atoms with Crippen LogP contribution in [-0.2, 0) is 21.4 Å². The molecular weight excluding hydrogens is 512 g/mol. The summed E-state index contributed by atoms with van der Waals surface area (Å²) >= 11 is 1.36. The Morgan fingerprint density at radius 1 is 1.03 bits per heavy atom. The zero-order chi connectivity index (χ0) is 26.2. The van der Waals surface area contributed by atoms with E-state index in [1.807, 2.05) is 31.2 Å². The van der Waals surface area contributed by atoms with E-state index < -0.39 is 10.0 Å². The number of nitrogens with one attached hydrogen (secondary N) is 1. The van der Waals surface area contributed by atoms with Crippen molar-refractivity contribution in [1.29, 1.82) is 0 Å². The summed E-state index contributed by atoms with van der Waals surface area (Å²) in [6, 6.07) is 15.6. The van der Waals surface area contributed by atoms with Crippen LogP contribution in [0.4, 0.5) is 5.69 Å². The molecular formula is C25H26N6O4S2. The van der Waals surface area contributed by atoms with Crippen LogP contribution in [0.5, 0.6) is 0 Å². The van der Waals surface area contributed by atoms with Gasteiger partial charge in [0.2, 0.25) is 20.9 Å². The number of aromatic nitrogens is 3. The molecule has 0 radical (unpaired) electrons. The monoisotopic (exact) mass is 538 g/mol. The molecule has 1 saturated heterocycles. The number of hydrogen-bond acceptors (Lipinski definition) is 8. The highest BCUT2D eigenvalue weighted by Crippen LogP contribution is 2.25. The predicted molar refractivity (Wildman–Crippen MR) is 142 cm³/mol. The molecule has 0 bridgehead atoms. The Hall–Kier alpha value is -3.45. The van der Waals surface area contributed by atoms with Crippen molar-refractivity contribution in [3.05, 3.63) is 76.2 Å². The van der Waals surface area contributed by atoms with Crippen molar-refractivity contribution in [3.63, 3.8) is 0 Å². The molecule has 4 aromatic rings. The number of carbonyl (C=O) groups excluding carboxylic acids is 1. The van der Waals surface area contributed by atoms with Crippen molar-refractivity contribution in [1.82, 2.24) is 23.8 Å². The summed E-state index contributed by atoms with van der Waals surface area (Å²) in [6.45, 7) is 5.55. The first-order valence-electron chi connectivity index (χ1n) is 11.8. The molecule has 0 unspecified atom stereocenters. The van der Waals surface area contributed by atoms with Crippen LogP contribution in [0.15, 0.2) is 64.3 Å². The topological polar surface area (TPSA) is 117 Å². The molecule has 192 valence electrons. The number of sulfonamides is 1. The second kappa shape index (κ2) is 10.1. The van der Waals surface area contributed by atoms with Gasteiger partial charge in [-0.2, -0.15) is 13.9 Å². The fourth-order valence-corrected chi connectivity index (χ4v) is 6.52. The highest BCUT2D eigenvalue weighted by molar-refractivity contribution is 7.89. The van der Waals surface area contributed by atoms with Gasteiger partial charge in [0.1, 0.15) is 5.01 Å². The lowest BCUT2D eigenvalue weighted by Crippen LogP contribution is -2.48. The molecule has 0 saturated carbocycles. The molecule has 37 heavy (non-hydrogen) atoms. The van der Waals surface area contributed by atoms with Gasteiger partial charge in [-0.15, -0.1) is 0 Å². The fourth-order valence-electron chi connectivity index (χ4n) is 4.17. The number of nitrogens with zero attached hydrogens (tertiary/aromatic N) is 5. The van der Waals surface area contributed by atoms with Crippen molar-refractivity contribution in [2.24, 2.45) is 0 Å². The molecule has 3 heterocycles. The van der Waals surface area contributed by atoms with Crippen LogP contribution in [0, 0.1) is 6.92 Å². The van der Waals surface area contributed by atoms with Crippen LogP contribution in [-0.4, -0.2) is 64.3 Å². The van der Waals surface area contributed by atoms with Gasteiger partial charge >= 0.3 is 0 Å². The molecule has 1 amide bonds. The van der Waals surface area contributed by atoms with Crippen molar-refractivity contribution in [2.45, 2.75) is 25.3 Å². The minimum Gasteiger partial charge on any atom is -0.326 e. The maximum atomic E-state index is 13.1. The van der Waals surface area contributed by atoms with E-state index in [0.29, 0.717) is 49.1 Å². The van der Waals surface area contributed by atoms with E-state index in [-0.39, 0.29) is 16.4 Å². The third-order valence-corrected chi connectivity index (χ3v) is 9.00. The van der Waals surface area contributed by atoms with Gasteiger partial charge in [0.25, 0.3) is 5.56 Å². The second-order valence-electron chi connectivity index (χ2n) is 8.94. The molecule has 1 aliphatic rings. The summed E-state index contributed by atoms with van der Waals surface area (Å²) < 4.78 is 28.9. The number of anilines is 1. The van der Waals surface area contributed by atoms with E-state index in [0.717, 1.165) is 16.1 Å². The van der Waals surface area contributed by atoms with Gasteiger partial charge in [-0.1, -0.05) is 41.2 Å². The summed E-state index contributed by atoms with van der Waals surface area (Å²) in [5.74, 6) is -0.217. The van der Waals surface area contributed by atoms with Crippen molar-refractivity contribution < 1.29 is 13.2 Å². The third-order valence-electron chi connectivity index (χ3n) is 6.13. The molecule has 5 rings (SSSR count). The molecule has 0 atom stereocenters. The Bertz CT molecular complexity index is 1600. The van der Waals surface area contributed by atoms with Gasteiger partial charge in [-0.3, -0.25) is 14.5 Å². The first-order chi connectivity index (χ1) is 17.7. The lowest BCUT2D eigenvalue weighted by molar-refractivity contribution is -0.114. The number of fused-ring (bicyclic) bond motifs is 1. The van der Waals surface area contributed by atoms with Gasteiger partial charge in [-0.25, -0.2) is 13.4 Å². The van der Waals surface area contributed by atoms with Crippen molar-refractivity contribution in [2.75, 3.05) is 31.5 Å². The average molecular weight is 539 g/mol. The first kappa shape index (κ1) is 25.2. The van der Waals surface area contributed by atoms with Gasteiger partial charge in [0.15, 0.2) is 0 Å². The van der Waals surface area contributed by atoms with E-state index in [4.69, 9.17) is 0 Å². The Morgan fingerprint density at radius 3 is 2.35 bits per heavy atom. The first-order valence-corrected chi connectivity index (χ1v) is 14.0. The normalized spacial score (nSPS) is 15.2. The smallest absolute Gasteiger partial charge is 0.275 e. The third kappa shape index (κ3) is 5.47. The number of rotatable bonds is 6. The predicted octanol–water partition coefficient (Wildman–Crippen LogP) is 2.59. The maximum absolute atomic E-state index is 13.1. The van der Waals surface area contributed by atoms with Crippen LogP contribution < -0.4 is 10.9 Å². The molecule has 2 aromatic carbocycles. The number of aryl methyl sites for hydroxylation is 1. The fraction of sp³-hybridized carbons (Fsp3) is 0.280. The van der Waals surface area contributed by atoms with Gasteiger partial charge < -0.3 is 5.32 Å². The highest BCUT2D eigenvalue weighted by atomic mass is 32.2. The van der Waals surface area contributed by atoms with Crippen LogP contribution in [0.2, 0.25) is 0 Å². The van der Waals surface area contributed by atoms with E-state index in [1.54, 1.807) is 12.1 Å². The van der Waals surface area contributed by atoms with E-state index in [9.17, 15) is 18.0 Å². The molecule has 1 fully saturated rings. The summed E-state index contributed by atoms with van der Waals surface area (Å²) in [7, 11) is -3.65. The summed E-state index contributed by atoms with van der Waals surface area (Å²) in [5, 5.41) is 7.80. The molecule has 10 nitrogen and oxygen atoms in total. The quantitative estimate of drug-likeness (QED) is 0.401. The maximum Gasteiger partial charge on any atom is 0.275 e. The van der Waals surface area contributed by atoms with Crippen LogP contribution in [0.1, 0.15) is 18.2 Å². The zero-order valence-electron chi connectivity index (χ0n) is 20.4. The molecule has 2 aromatic heterocycles. The Labute approximate surface area is 218 Å². The number of carbonyl (C=O) groups is 1. The number of piperazine rings is 1. The summed E-state index contributed by atoms with van der Waals surface area (Å²) in [5.41, 5.74) is 3.02. The van der Waals surface area contributed by atoms with Gasteiger partial charge in [-0.05, 0) is 31.2 Å². The van der Waals surface area contributed by atoms with Crippen molar-refractivity contribution in [3.8, 4) is 10.6 Å². The Morgan fingerprint density at radius 2 is 1.70 bits per heavy atom. The van der Waals surface area contributed by atoms with E-state index >= 15 is 0 Å². The molecule has 0 spiro atoms. The number of hydrogen-bond donors (Lipinski definition) is 1. The van der Waals surface area contributed by atoms with Crippen LogP contribution in [0.3, 0.4) is 0 Å². The zero-order valence-corrected chi connectivity index (χ0v) is 22.1. The summed E-state index contributed by atoms with van der Waals surface area (Å²) in [6.07, 6.45) is 0. The molecule has 1 N–H and O–H groups in total. The minimum atomic E-state index is -3.65.